The lowest BCUT2D eigenvalue weighted by Gasteiger charge is -2.34. The van der Waals surface area contributed by atoms with Gasteiger partial charge in [-0.25, -0.2) is 15.0 Å². The molecule has 0 atom stereocenters. The molecule has 0 radical (unpaired) electrons. The third kappa shape index (κ3) is 3.31. The Morgan fingerprint density at radius 2 is 1.92 bits per heavy atom. The van der Waals surface area contributed by atoms with Gasteiger partial charge in [0.25, 0.3) is 0 Å². The summed E-state index contributed by atoms with van der Waals surface area (Å²) in [6, 6.07) is 7.54. The van der Waals surface area contributed by atoms with Crippen molar-refractivity contribution in [1.29, 1.82) is 0 Å². The molecule has 2 aromatic heterocycles. The molecule has 0 spiro atoms. The molecule has 4 rings (SSSR count). The Bertz CT molecular complexity index is 885. The van der Waals surface area contributed by atoms with E-state index in [1.54, 1.807) is 18.5 Å². The number of benzene rings is 1. The van der Waals surface area contributed by atoms with E-state index in [4.69, 9.17) is 4.42 Å². The van der Waals surface area contributed by atoms with Crippen LogP contribution in [0.1, 0.15) is 11.5 Å². The topological polar surface area (TPSA) is 75.4 Å². The molecule has 25 heavy (non-hydrogen) atoms. The number of piperazine rings is 1. The maximum Gasteiger partial charge on any atom is 0.227 e. The number of oxazole rings is 1. The van der Waals surface area contributed by atoms with Crippen molar-refractivity contribution >= 4 is 23.0 Å². The van der Waals surface area contributed by atoms with E-state index < -0.39 is 0 Å². The van der Waals surface area contributed by atoms with E-state index in [9.17, 15) is 4.79 Å². The minimum absolute atomic E-state index is 0.133. The van der Waals surface area contributed by atoms with Gasteiger partial charge in [-0.1, -0.05) is 6.07 Å². The van der Waals surface area contributed by atoms with Gasteiger partial charge in [0, 0.05) is 45.5 Å². The van der Waals surface area contributed by atoms with Gasteiger partial charge < -0.3 is 14.2 Å². The summed E-state index contributed by atoms with van der Waals surface area (Å²) in [7, 11) is 0. The Kier molecular flexibility index (Phi) is 4.05. The quantitative estimate of drug-likeness (QED) is 0.726. The fourth-order valence-electron chi connectivity index (χ4n) is 3.09. The van der Waals surface area contributed by atoms with Gasteiger partial charge in [-0.3, -0.25) is 4.79 Å². The molecule has 0 aliphatic carbocycles. The van der Waals surface area contributed by atoms with Crippen molar-refractivity contribution < 1.29 is 9.21 Å². The Labute approximate surface area is 145 Å². The van der Waals surface area contributed by atoms with Crippen molar-refractivity contribution in [2.75, 3.05) is 31.1 Å². The molecule has 1 saturated heterocycles. The van der Waals surface area contributed by atoms with Crippen LogP contribution in [0.3, 0.4) is 0 Å². The van der Waals surface area contributed by atoms with Gasteiger partial charge in [0.15, 0.2) is 11.5 Å². The standard InChI is InChI=1S/C18H19N5O2/c1-13-21-15-11-14(3-4-16(15)25-13)12-17(24)22-7-9-23(10-8-22)18-19-5-2-6-20-18/h2-6,11H,7-10,12H2,1H3. The summed E-state index contributed by atoms with van der Waals surface area (Å²) in [6.45, 7) is 4.68. The van der Waals surface area contributed by atoms with Crippen molar-refractivity contribution in [3.63, 3.8) is 0 Å². The lowest BCUT2D eigenvalue weighted by atomic mass is 10.1. The summed E-state index contributed by atoms with van der Waals surface area (Å²) in [5.41, 5.74) is 2.51. The molecule has 7 heteroatoms. The molecular weight excluding hydrogens is 318 g/mol. The molecule has 3 aromatic rings. The molecule has 0 saturated carbocycles. The van der Waals surface area contributed by atoms with Gasteiger partial charge in [-0.05, 0) is 23.8 Å². The van der Waals surface area contributed by atoms with Crippen molar-refractivity contribution in [2.45, 2.75) is 13.3 Å². The summed E-state index contributed by atoms with van der Waals surface area (Å²) < 4.78 is 5.47. The van der Waals surface area contributed by atoms with E-state index in [2.05, 4.69) is 19.9 Å². The summed E-state index contributed by atoms with van der Waals surface area (Å²) in [6.07, 6.45) is 3.85. The number of hydrogen-bond acceptors (Lipinski definition) is 6. The largest absolute Gasteiger partial charge is 0.441 e. The predicted octanol–water partition coefficient (Wildman–Crippen LogP) is 1.82. The Morgan fingerprint density at radius 3 is 2.68 bits per heavy atom. The minimum atomic E-state index is 0.133. The van der Waals surface area contributed by atoms with Crippen LogP contribution in [0.25, 0.3) is 11.1 Å². The van der Waals surface area contributed by atoms with Crippen LogP contribution in [0.4, 0.5) is 5.95 Å². The highest BCUT2D eigenvalue weighted by Gasteiger charge is 2.22. The molecule has 1 fully saturated rings. The second kappa shape index (κ2) is 6.51. The molecule has 3 heterocycles. The first kappa shape index (κ1) is 15.6. The summed E-state index contributed by atoms with van der Waals surface area (Å²) in [5, 5.41) is 0. The number of hydrogen-bond donors (Lipinski definition) is 0. The number of carbonyl (C=O) groups is 1. The first-order valence-electron chi connectivity index (χ1n) is 8.35. The Morgan fingerprint density at radius 1 is 1.16 bits per heavy atom. The zero-order chi connectivity index (χ0) is 17.2. The van der Waals surface area contributed by atoms with Crippen LogP contribution in [-0.2, 0) is 11.2 Å². The van der Waals surface area contributed by atoms with Crippen molar-refractivity contribution in [3.8, 4) is 0 Å². The fraction of sp³-hybridized carbons (Fsp3) is 0.333. The lowest BCUT2D eigenvalue weighted by molar-refractivity contribution is -0.130. The van der Waals surface area contributed by atoms with Gasteiger partial charge in [0.2, 0.25) is 11.9 Å². The van der Waals surface area contributed by atoms with Gasteiger partial charge in [-0.15, -0.1) is 0 Å². The van der Waals surface area contributed by atoms with Crippen LogP contribution in [0.15, 0.2) is 41.1 Å². The first-order valence-corrected chi connectivity index (χ1v) is 8.35. The first-order chi connectivity index (χ1) is 12.2. The second-order valence-corrected chi connectivity index (χ2v) is 6.13. The maximum absolute atomic E-state index is 12.6. The van der Waals surface area contributed by atoms with E-state index >= 15 is 0 Å². The fourth-order valence-corrected chi connectivity index (χ4v) is 3.09. The van der Waals surface area contributed by atoms with Crippen LogP contribution in [-0.4, -0.2) is 51.9 Å². The third-order valence-corrected chi connectivity index (χ3v) is 4.38. The smallest absolute Gasteiger partial charge is 0.227 e. The van der Waals surface area contributed by atoms with Gasteiger partial charge in [-0.2, -0.15) is 0 Å². The maximum atomic E-state index is 12.6. The predicted molar refractivity (Wildman–Crippen MR) is 93.3 cm³/mol. The van der Waals surface area contributed by atoms with Gasteiger partial charge in [0.1, 0.15) is 5.52 Å². The monoisotopic (exact) mass is 337 g/mol. The molecule has 1 aliphatic rings. The van der Waals surface area contributed by atoms with E-state index in [0.29, 0.717) is 25.4 Å². The third-order valence-electron chi connectivity index (χ3n) is 4.38. The Balaban J connectivity index is 1.38. The molecule has 7 nitrogen and oxygen atoms in total. The molecule has 0 bridgehead atoms. The zero-order valence-corrected chi connectivity index (χ0v) is 14.1. The summed E-state index contributed by atoms with van der Waals surface area (Å²) >= 11 is 0. The number of anilines is 1. The highest BCUT2D eigenvalue weighted by molar-refractivity contribution is 5.81. The Hall–Kier alpha value is -2.96. The second-order valence-electron chi connectivity index (χ2n) is 6.13. The number of aryl methyl sites for hydroxylation is 1. The number of amides is 1. The molecule has 1 amide bonds. The SMILES string of the molecule is Cc1nc2cc(CC(=O)N3CCN(c4ncccn4)CC3)ccc2o1. The molecule has 1 aliphatic heterocycles. The van der Waals surface area contributed by atoms with Crippen LogP contribution >= 0.6 is 0 Å². The highest BCUT2D eigenvalue weighted by Crippen LogP contribution is 2.18. The van der Waals surface area contributed by atoms with Crippen molar-refractivity contribution in [3.05, 3.63) is 48.1 Å². The highest BCUT2D eigenvalue weighted by atomic mass is 16.3. The van der Waals surface area contributed by atoms with Gasteiger partial charge in [0.05, 0.1) is 6.42 Å². The number of carbonyl (C=O) groups excluding carboxylic acids is 1. The van der Waals surface area contributed by atoms with Crippen LogP contribution in [0, 0.1) is 6.92 Å². The molecule has 128 valence electrons. The minimum Gasteiger partial charge on any atom is -0.441 e. The van der Waals surface area contributed by atoms with Crippen LogP contribution in [0.5, 0.6) is 0 Å². The molecule has 1 aromatic carbocycles. The number of fused-ring (bicyclic) bond motifs is 1. The van der Waals surface area contributed by atoms with Gasteiger partial charge >= 0.3 is 0 Å². The zero-order valence-electron chi connectivity index (χ0n) is 14.1. The van der Waals surface area contributed by atoms with Crippen molar-refractivity contribution in [1.82, 2.24) is 19.9 Å². The normalized spacial score (nSPS) is 14.9. The average Bonchev–Trinajstić information content (AvgIpc) is 3.02. The van der Waals surface area contributed by atoms with Crippen LogP contribution in [0.2, 0.25) is 0 Å². The molecule has 0 N–H and O–H groups in total. The van der Waals surface area contributed by atoms with Crippen molar-refractivity contribution in [2.24, 2.45) is 0 Å². The number of rotatable bonds is 3. The van der Waals surface area contributed by atoms with E-state index in [0.717, 1.165) is 35.7 Å². The van der Waals surface area contributed by atoms with Crippen LogP contribution < -0.4 is 4.90 Å². The van der Waals surface area contributed by atoms with E-state index in [1.807, 2.05) is 30.0 Å². The summed E-state index contributed by atoms with van der Waals surface area (Å²) in [4.78, 5) is 29.4. The van der Waals surface area contributed by atoms with E-state index in [1.165, 1.54) is 0 Å². The lowest BCUT2D eigenvalue weighted by Crippen LogP contribution is -2.49. The summed E-state index contributed by atoms with van der Waals surface area (Å²) in [5.74, 6) is 1.49. The number of aromatic nitrogens is 3. The molecular formula is C18H19N5O2. The van der Waals surface area contributed by atoms with E-state index in [-0.39, 0.29) is 5.91 Å². The number of nitrogens with zero attached hydrogens (tertiary/aromatic N) is 5. The molecule has 0 unspecified atom stereocenters. The average molecular weight is 337 g/mol.